The van der Waals surface area contributed by atoms with Gasteiger partial charge in [0.25, 0.3) is 0 Å². The molecule has 0 aromatic heterocycles. The molecular weight excluding hydrogens is 202 g/mol. The van der Waals surface area contributed by atoms with E-state index >= 15 is 0 Å². The molecule has 0 aromatic rings. The minimum atomic E-state index is -0.126. The van der Waals surface area contributed by atoms with Crippen molar-refractivity contribution in [2.75, 3.05) is 0 Å². The van der Waals surface area contributed by atoms with Crippen molar-refractivity contribution < 1.29 is 0 Å². The number of aromatic nitrogens is 3. The van der Waals surface area contributed by atoms with Crippen LogP contribution in [0.25, 0.3) is 11.4 Å². The fourth-order valence-electron chi connectivity index (χ4n) is 1.91. The predicted octanol–water partition coefficient (Wildman–Crippen LogP) is 2.21. The molecule has 86 valence electrons. The number of rotatable bonds is 3. The first-order valence-electron chi connectivity index (χ1n) is 5.67. The minimum Gasteiger partial charge on any atom is -0.294 e. The number of hydrogen-bond acceptors (Lipinski definition) is 2. The molecular formula is C12H17N3O. The lowest BCUT2D eigenvalue weighted by molar-refractivity contribution is 0.281. The molecule has 0 atom stereocenters. The number of nitrogens with one attached hydrogen (secondary N) is 1. The van der Waals surface area contributed by atoms with Gasteiger partial charge in [-0.25, -0.2) is 9.78 Å². The van der Waals surface area contributed by atoms with Crippen LogP contribution in [0, 0.1) is 0 Å². The first kappa shape index (κ1) is 10.9. The molecule has 2 heterocycles. The Hall–Kier alpha value is -1.58. The Labute approximate surface area is 94.7 Å². The molecule has 4 heteroatoms. The highest BCUT2D eigenvalue weighted by molar-refractivity contribution is 5.54. The quantitative estimate of drug-likeness (QED) is 0.860. The van der Waals surface area contributed by atoms with Crippen LogP contribution in [0.4, 0.5) is 0 Å². The Morgan fingerprint density at radius 3 is 2.75 bits per heavy atom. The van der Waals surface area contributed by atoms with Gasteiger partial charge >= 0.3 is 5.69 Å². The minimum absolute atomic E-state index is 0.0857. The van der Waals surface area contributed by atoms with Gasteiger partial charge in [0, 0.05) is 23.5 Å². The molecule has 2 aliphatic rings. The van der Waals surface area contributed by atoms with E-state index in [4.69, 9.17) is 0 Å². The average Bonchev–Trinajstić information content (AvgIpc) is 2.74. The molecule has 0 saturated heterocycles. The highest BCUT2D eigenvalue weighted by atomic mass is 16.1. The summed E-state index contributed by atoms with van der Waals surface area (Å²) in [7, 11) is 0. The maximum absolute atomic E-state index is 12.0. The number of hydrogen-bond donors (Lipinski definition) is 1. The van der Waals surface area contributed by atoms with Crippen molar-refractivity contribution in [2.45, 2.75) is 39.2 Å². The van der Waals surface area contributed by atoms with Crippen LogP contribution in [-0.4, -0.2) is 14.5 Å². The second-order valence-corrected chi connectivity index (χ2v) is 4.38. The SMILES string of the molecule is CCC(C)(CC)n1cc2ccnc-2[nH]c1=O. The van der Waals surface area contributed by atoms with Crippen molar-refractivity contribution in [1.82, 2.24) is 14.5 Å². The Balaban J connectivity index is 2.65. The lowest BCUT2D eigenvalue weighted by atomic mass is 9.95. The molecule has 0 bridgehead atoms. The Bertz CT molecular complexity index is 507. The van der Waals surface area contributed by atoms with Gasteiger partial charge in [0.2, 0.25) is 0 Å². The number of H-pyrrole nitrogens is 1. The molecule has 4 nitrogen and oxygen atoms in total. The van der Waals surface area contributed by atoms with Gasteiger partial charge in [-0.1, -0.05) is 13.8 Å². The van der Waals surface area contributed by atoms with Crippen LogP contribution >= 0.6 is 0 Å². The molecule has 0 radical (unpaired) electrons. The van der Waals surface area contributed by atoms with Gasteiger partial charge in [-0.3, -0.25) is 9.55 Å². The maximum atomic E-state index is 12.0. The van der Waals surface area contributed by atoms with Crippen molar-refractivity contribution in [1.29, 1.82) is 0 Å². The Kier molecular flexibility index (Phi) is 2.58. The number of nitrogens with zero attached hydrogens (tertiary/aromatic N) is 2. The molecule has 0 aromatic carbocycles. The van der Waals surface area contributed by atoms with E-state index in [0.29, 0.717) is 5.82 Å². The molecule has 0 amide bonds. The van der Waals surface area contributed by atoms with Crippen molar-refractivity contribution in [3.63, 3.8) is 0 Å². The summed E-state index contributed by atoms with van der Waals surface area (Å²) in [5.74, 6) is 0.663. The second-order valence-electron chi connectivity index (χ2n) is 4.38. The third-order valence-corrected chi connectivity index (χ3v) is 3.55. The van der Waals surface area contributed by atoms with Crippen LogP contribution in [0.15, 0.2) is 23.3 Å². The Morgan fingerprint density at radius 1 is 1.44 bits per heavy atom. The van der Waals surface area contributed by atoms with Crippen LogP contribution in [0.2, 0.25) is 0 Å². The molecule has 0 aliphatic carbocycles. The van der Waals surface area contributed by atoms with Crippen molar-refractivity contribution in [3.8, 4) is 11.4 Å². The molecule has 1 N–H and O–H groups in total. The smallest absolute Gasteiger partial charge is 0.294 e. The van der Waals surface area contributed by atoms with E-state index in [1.165, 1.54) is 0 Å². The first-order chi connectivity index (χ1) is 7.60. The van der Waals surface area contributed by atoms with Crippen LogP contribution in [0.5, 0.6) is 0 Å². The third-order valence-electron chi connectivity index (χ3n) is 3.55. The summed E-state index contributed by atoms with van der Waals surface area (Å²) >= 11 is 0. The summed E-state index contributed by atoms with van der Waals surface area (Å²) in [5.41, 5.74) is 0.768. The summed E-state index contributed by atoms with van der Waals surface area (Å²) in [5, 5.41) is 0. The van der Waals surface area contributed by atoms with Crippen molar-refractivity contribution in [2.24, 2.45) is 0 Å². The largest absolute Gasteiger partial charge is 0.327 e. The van der Waals surface area contributed by atoms with Gasteiger partial charge in [0.05, 0.1) is 0 Å². The topological polar surface area (TPSA) is 50.7 Å². The zero-order chi connectivity index (χ0) is 11.8. The number of aromatic amines is 1. The standard InChI is InChI=1S/C12H17N3O/c1-4-12(3,5-2)15-8-9-6-7-13-10(9)14-11(15)16/h6-8H,4-5H2,1-3H3,(H,13,14,16). The molecule has 0 fully saturated rings. The molecule has 16 heavy (non-hydrogen) atoms. The molecule has 0 unspecified atom stereocenters. The summed E-state index contributed by atoms with van der Waals surface area (Å²) in [4.78, 5) is 18.9. The van der Waals surface area contributed by atoms with E-state index in [-0.39, 0.29) is 11.2 Å². The van der Waals surface area contributed by atoms with Gasteiger partial charge in [0.1, 0.15) is 5.82 Å². The fourth-order valence-corrected chi connectivity index (χ4v) is 1.91. The second kappa shape index (κ2) is 3.77. The van der Waals surface area contributed by atoms with E-state index in [1.807, 2.05) is 12.3 Å². The predicted molar refractivity (Wildman–Crippen MR) is 63.7 cm³/mol. The fraction of sp³-hybridized carbons (Fsp3) is 0.500. The number of fused-ring (bicyclic) bond motifs is 1. The lowest BCUT2D eigenvalue weighted by Crippen LogP contribution is -2.39. The van der Waals surface area contributed by atoms with Gasteiger partial charge < -0.3 is 0 Å². The van der Waals surface area contributed by atoms with Crippen LogP contribution in [-0.2, 0) is 5.54 Å². The highest BCUT2D eigenvalue weighted by Crippen LogP contribution is 2.24. The monoisotopic (exact) mass is 219 g/mol. The van der Waals surface area contributed by atoms with E-state index in [9.17, 15) is 4.79 Å². The highest BCUT2D eigenvalue weighted by Gasteiger charge is 2.24. The summed E-state index contributed by atoms with van der Waals surface area (Å²) in [6.45, 7) is 6.30. The van der Waals surface area contributed by atoms with Gasteiger partial charge in [-0.05, 0) is 25.8 Å². The van der Waals surface area contributed by atoms with Crippen LogP contribution in [0.1, 0.15) is 33.6 Å². The van der Waals surface area contributed by atoms with Crippen molar-refractivity contribution in [3.05, 3.63) is 28.9 Å². The first-order valence-corrected chi connectivity index (χ1v) is 5.67. The van der Waals surface area contributed by atoms with Crippen molar-refractivity contribution >= 4 is 0 Å². The summed E-state index contributed by atoms with van der Waals surface area (Å²) < 4.78 is 1.79. The van der Waals surface area contributed by atoms with E-state index in [1.54, 1.807) is 10.8 Å². The van der Waals surface area contributed by atoms with E-state index in [2.05, 4.69) is 30.7 Å². The summed E-state index contributed by atoms with van der Waals surface area (Å²) in [6.07, 6.45) is 5.46. The zero-order valence-corrected chi connectivity index (χ0v) is 9.95. The molecule has 2 aliphatic heterocycles. The van der Waals surface area contributed by atoms with Gasteiger partial charge in [-0.15, -0.1) is 0 Å². The van der Waals surface area contributed by atoms with E-state index < -0.39 is 0 Å². The Morgan fingerprint density at radius 2 is 2.12 bits per heavy atom. The van der Waals surface area contributed by atoms with Gasteiger partial charge in [0.15, 0.2) is 0 Å². The maximum Gasteiger partial charge on any atom is 0.327 e. The van der Waals surface area contributed by atoms with Crippen LogP contribution < -0.4 is 5.69 Å². The summed E-state index contributed by atoms with van der Waals surface area (Å²) in [6, 6.07) is 1.91. The van der Waals surface area contributed by atoms with E-state index in [0.717, 1.165) is 18.4 Å². The van der Waals surface area contributed by atoms with Crippen LogP contribution in [0.3, 0.4) is 0 Å². The third kappa shape index (κ3) is 1.54. The molecule has 2 rings (SSSR count). The molecule has 0 spiro atoms. The average molecular weight is 219 g/mol. The lowest BCUT2D eigenvalue weighted by Gasteiger charge is -2.29. The zero-order valence-electron chi connectivity index (χ0n) is 9.95. The molecule has 0 saturated carbocycles. The van der Waals surface area contributed by atoms with Gasteiger partial charge in [-0.2, -0.15) is 0 Å². The normalized spacial score (nSPS) is 12.2.